The third-order valence-electron chi connectivity index (χ3n) is 4.36. The molecular formula is C16H20BF3O4. The van der Waals surface area contributed by atoms with Crippen LogP contribution < -0.4 is 0 Å². The summed E-state index contributed by atoms with van der Waals surface area (Å²) < 4.78 is 50.1. The van der Waals surface area contributed by atoms with Crippen molar-refractivity contribution in [2.75, 3.05) is 6.61 Å². The van der Waals surface area contributed by atoms with Crippen LogP contribution >= 0.6 is 0 Å². The van der Waals surface area contributed by atoms with E-state index in [2.05, 4.69) is 0 Å². The highest BCUT2D eigenvalue weighted by atomic mass is 19.4. The number of halogens is 3. The predicted octanol–water partition coefficient (Wildman–Crippen LogP) is 3.42. The Morgan fingerprint density at radius 2 is 1.67 bits per heavy atom. The standard InChI is InChI=1S/C16H20BF3O4/c1-14(2)15(3,4)24-17(23-14)12(9-21)6-10-5-11(16(18,19)20)8-13(22)7-10/h5-8,21-22H,9H2,1-4H3. The molecule has 1 aliphatic rings. The summed E-state index contributed by atoms with van der Waals surface area (Å²) in [5, 5.41) is 19.1. The number of rotatable bonds is 3. The molecule has 2 rings (SSSR count). The van der Waals surface area contributed by atoms with Gasteiger partial charge in [-0.25, -0.2) is 0 Å². The summed E-state index contributed by atoms with van der Waals surface area (Å²) in [5.74, 6) is -0.512. The van der Waals surface area contributed by atoms with Crippen LogP contribution in [0.5, 0.6) is 5.75 Å². The zero-order valence-corrected chi connectivity index (χ0v) is 13.9. The van der Waals surface area contributed by atoms with E-state index in [0.717, 1.165) is 6.07 Å². The van der Waals surface area contributed by atoms with Crippen LogP contribution in [0.1, 0.15) is 38.8 Å². The van der Waals surface area contributed by atoms with Crippen molar-refractivity contribution < 1.29 is 32.7 Å². The molecule has 1 saturated heterocycles. The fourth-order valence-electron chi connectivity index (χ4n) is 2.28. The predicted molar refractivity (Wildman–Crippen MR) is 84.3 cm³/mol. The smallest absolute Gasteiger partial charge is 0.492 e. The Balaban J connectivity index is 2.37. The van der Waals surface area contributed by atoms with Gasteiger partial charge in [-0.15, -0.1) is 0 Å². The fourth-order valence-corrected chi connectivity index (χ4v) is 2.28. The van der Waals surface area contributed by atoms with E-state index in [9.17, 15) is 23.4 Å². The number of aromatic hydroxyl groups is 1. The topological polar surface area (TPSA) is 58.9 Å². The Labute approximate surface area is 139 Å². The van der Waals surface area contributed by atoms with Crippen LogP contribution in [-0.2, 0) is 15.5 Å². The van der Waals surface area contributed by atoms with E-state index in [4.69, 9.17) is 9.31 Å². The van der Waals surface area contributed by atoms with Gasteiger partial charge in [-0.1, -0.05) is 6.08 Å². The summed E-state index contributed by atoms with van der Waals surface area (Å²) in [4.78, 5) is 0. The highest BCUT2D eigenvalue weighted by molar-refractivity contribution is 6.55. The highest BCUT2D eigenvalue weighted by Crippen LogP contribution is 2.39. The van der Waals surface area contributed by atoms with Crippen molar-refractivity contribution in [2.45, 2.75) is 45.1 Å². The van der Waals surface area contributed by atoms with Crippen LogP contribution in [-0.4, -0.2) is 35.1 Å². The van der Waals surface area contributed by atoms with Gasteiger partial charge in [-0.3, -0.25) is 0 Å². The minimum absolute atomic E-state index is 0.0982. The molecule has 0 aromatic heterocycles. The van der Waals surface area contributed by atoms with Gasteiger partial charge in [-0.05, 0) is 56.9 Å². The molecule has 1 aliphatic heterocycles. The minimum atomic E-state index is -4.58. The van der Waals surface area contributed by atoms with E-state index in [0.29, 0.717) is 6.07 Å². The van der Waals surface area contributed by atoms with Gasteiger partial charge < -0.3 is 19.5 Å². The van der Waals surface area contributed by atoms with Crippen molar-refractivity contribution in [3.05, 3.63) is 34.8 Å². The first-order valence-corrected chi connectivity index (χ1v) is 7.44. The van der Waals surface area contributed by atoms with Crippen molar-refractivity contribution in [3.63, 3.8) is 0 Å². The Morgan fingerprint density at radius 3 is 2.12 bits per heavy atom. The van der Waals surface area contributed by atoms with Crippen molar-refractivity contribution >= 4 is 13.2 Å². The Kier molecular flexibility index (Phi) is 4.78. The maximum absolute atomic E-state index is 12.8. The van der Waals surface area contributed by atoms with Gasteiger partial charge in [0.1, 0.15) is 5.75 Å². The number of benzene rings is 1. The van der Waals surface area contributed by atoms with Crippen molar-refractivity contribution in [1.29, 1.82) is 0 Å². The lowest BCUT2D eigenvalue weighted by Gasteiger charge is -2.32. The maximum Gasteiger partial charge on any atom is 0.492 e. The Morgan fingerprint density at radius 1 is 1.12 bits per heavy atom. The molecule has 1 fully saturated rings. The number of aliphatic hydroxyl groups is 1. The lowest BCUT2D eigenvalue weighted by Crippen LogP contribution is -2.41. The number of aliphatic hydroxyl groups excluding tert-OH is 1. The summed E-state index contributed by atoms with van der Waals surface area (Å²) in [7, 11) is -0.878. The monoisotopic (exact) mass is 344 g/mol. The number of hydrogen-bond donors (Lipinski definition) is 2. The molecule has 1 aromatic rings. The van der Waals surface area contributed by atoms with Crippen molar-refractivity contribution in [3.8, 4) is 5.75 Å². The molecule has 0 aliphatic carbocycles. The lowest BCUT2D eigenvalue weighted by molar-refractivity contribution is -0.137. The minimum Gasteiger partial charge on any atom is -0.508 e. The number of hydrogen-bond acceptors (Lipinski definition) is 4. The molecule has 24 heavy (non-hydrogen) atoms. The number of alkyl halides is 3. The average Bonchev–Trinajstić information content (AvgIpc) is 2.63. The molecule has 0 unspecified atom stereocenters. The zero-order valence-electron chi connectivity index (χ0n) is 13.9. The summed E-state index contributed by atoms with van der Waals surface area (Å²) in [6.07, 6.45) is -3.25. The van der Waals surface area contributed by atoms with E-state index in [1.807, 2.05) is 27.7 Å². The van der Waals surface area contributed by atoms with Crippen molar-refractivity contribution in [1.82, 2.24) is 0 Å². The quantitative estimate of drug-likeness (QED) is 0.825. The molecule has 132 valence electrons. The maximum atomic E-state index is 12.8. The largest absolute Gasteiger partial charge is 0.508 e. The molecule has 0 radical (unpaired) electrons. The van der Waals surface area contributed by atoms with Crippen LogP contribution in [0.4, 0.5) is 13.2 Å². The molecule has 0 atom stereocenters. The molecule has 4 nitrogen and oxygen atoms in total. The van der Waals surface area contributed by atoms with E-state index in [1.54, 1.807) is 0 Å². The first-order valence-electron chi connectivity index (χ1n) is 7.44. The highest BCUT2D eigenvalue weighted by Gasteiger charge is 2.52. The third kappa shape index (κ3) is 3.76. The molecule has 1 aromatic carbocycles. The van der Waals surface area contributed by atoms with E-state index in [-0.39, 0.29) is 11.0 Å². The second kappa shape index (κ2) is 6.09. The van der Waals surface area contributed by atoms with Gasteiger partial charge in [0.05, 0.1) is 23.4 Å². The summed E-state index contributed by atoms with van der Waals surface area (Å²) >= 11 is 0. The second-order valence-corrected chi connectivity index (χ2v) is 6.78. The van der Waals surface area contributed by atoms with E-state index in [1.165, 1.54) is 12.1 Å². The molecule has 1 heterocycles. The molecule has 0 bridgehead atoms. The summed E-state index contributed by atoms with van der Waals surface area (Å²) in [6, 6.07) is 2.71. The first-order chi connectivity index (χ1) is 10.9. The van der Waals surface area contributed by atoms with Crippen LogP contribution in [0.25, 0.3) is 6.08 Å². The Hall–Kier alpha value is -1.51. The average molecular weight is 344 g/mol. The Bertz CT molecular complexity index is 637. The normalized spacial score (nSPS) is 20.5. The van der Waals surface area contributed by atoms with Gasteiger partial charge in [0.15, 0.2) is 0 Å². The fraction of sp³-hybridized carbons (Fsp3) is 0.500. The molecule has 2 N–H and O–H groups in total. The van der Waals surface area contributed by atoms with Crippen LogP contribution in [0.3, 0.4) is 0 Å². The number of phenols is 1. The summed E-state index contributed by atoms with van der Waals surface area (Å²) in [6.45, 7) is 6.88. The van der Waals surface area contributed by atoms with E-state index < -0.39 is 42.4 Å². The number of phenolic OH excluding ortho intramolecular Hbond substituents is 1. The molecule has 0 saturated carbocycles. The van der Waals surface area contributed by atoms with Gasteiger partial charge >= 0.3 is 13.3 Å². The van der Waals surface area contributed by atoms with Crippen LogP contribution in [0.2, 0.25) is 0 Å². The molecular weight excluding hydrogens is 324 g/mol. The lowest BCUT2D eigenvalue weighted by atomic mass is 9.77. The summed E-state index contributed by atoms with van der Waals surface area (Å²) in [5.41, 5.74) is -1.88. The molecule has 0 spiro atoms. The molecule has 8 heteroatoms. The van der Waals surface area contributed by atoms with E-state index >= 15 is 0 Å². The van der Waals surface area contributed by atoms with Crippen LogP contribution in [0, 0.1) is 0 Å². The van der Waals surface area contributed by atoms with Gasteiger partial charge in [-0.2, -0.15) is 13.2 Å². The van der Waals surface area contributed by atoms with Gasteiger partial charge in [0.2, 0.25) is 0 Å². The van der Waals surface area contributed by atoms with Gasteiger partial charge in [0.25, 0.3) is 0 Å². The third-order valence-corrected chi connectivity index (χ3v) is 4.36. The van der Waals surface area contributed by atoms with Gasteiger partial charge in [0, 0.05) is 0 Å². The first kappa shape index (κ1) is 18.8. The SMILES string of the molecule is CC1(C)OB(C(=Cc2cc(O)cc(C(F)(F)F)c2)CO)OC1(C)C. The van der Waals surface area contributed by atoms with Crippen LogP contribution in [0.15, 0.2) is 23.7 Å². The van der Waals surface area contributed by atoms with Crippen molar-refractivity contribution in [2.24, 2.45) is 0 Å². The molecule has 0 amide bonds. The second-order valence-electron chi connectivity index (χ2n) is 6.78. The zero-order chi connectivity index (χ0) is 18.3.